The fourth-order valence-electron chi connectivity index (χ4n) is 4.47. The zero-order valence-corrected chi connectivity index (χ0v) is 16.9. The number of nitrogens with zero attached hydrogens (tertiary/aromatic N) is 2. The van der Waals surface area contributed by atoms with E-state index in [1.54, 1.807) is 10.6 Å². The summed E-state index contributed by atoms with van der Waals surface area (Å²) in [6, 6.07) is 11.5. The number of imidazole rings is 1. The number of ether oxygens (including phenoxy) is 2. The number of methoxy groups -OCH3 is 1. The van der Waals surface area contributed by atoms with Crippen molar-refractivity contribution in [3.63, 3.8) is 0 Å². The molecule has 0 saturated carbocycles. The molecule has 0 N–H and O–H groups in total. The van der Waals surface area contributed by atoms with Crippen molar-refractivity contribution in [1.29, 1.82) is 0 Å². The van der Waals surface area contributed by atoms with Gasteiger partial charge in [-0.25, -0.2) is 4.98 Å². The van der Waals surface area contributed by atoms with Crippen molar-refractivity contribution in [3.8, 4) is 5.75 Å². The van der Waals surface area contributed by atoms with Crippen LogP contribution in [0.1, 0.15) is 47.1 Å². The second kappa shape index (κ2) is 7.35. The van der Waals surface area contributed by atoms with Gasteiger partial charge in [-0.15, -0.1) is 0 Å². The first-order chi connectivity index (χ1) is 14.0. The molecule has 1 aliphatic rings. The van der Waals surface area contributed by atoms with Crippen molar-refractivity contribution in [1.82, 2.24) is 9.38 Å². The first kappa shape index (κ1) is 19.2. The highest BCUT2D eigenvalue weighted by Crippen LogP contribution is 2.43. The molecular weight excluding hydrogens is 368 g/mol. The fraction of sp³-hybridized carbons (Fsp3) is 0.348. The summed E-state index contributed by atoms with van der Waals surface area (Å²) >= 11 is 0. The SMILES string of the molecule is CCOc1cccn2c(C(=O)CC3(C(=O)OC)CCc4ccccc43)c(C)nc12. The van der Waals surface area contributed by atoms with Gasteiger partial charge in [0, 0.05) is 12.6 Å². The van der Waals surface area contributed by atoms with Crippen LogP contribution in [0.15, 0.2) is 42.6 Å². The third-order valence-corrected chi connectivity index (χ3v) is 5.74. The molecule has 6 heteroatoms. The molecule has 29 heavy (non-hydrogen) atoms. The molecule has 6 nitrogen and oxygen atoms in total. The smallest absolute Gasteiger partial charge is 0.316 e. The first-order valence-corrected chi connectivity index (χ1v) is 9.82. The van der Waals surface area contributed by atoms with Gasteiger partial charge >= 0.3 is 5.97 Å². The van der Waals surface area contributed by atoms with Gasteiger partial charge in [-0.1, -0.05) is 24.3 Å². The number of Topliss-reactive ketones (excluding diaryl/α,β-unsaturated/α-hetero) is 1. The Morgan fingerprint density at radius 2 is 2.00 bits per heavy atom. The van der Waals surface area contributed by atoms with Crippen molar-refractivity contribution in [2.75, 3.05) is 13.7 Å². The van der Waals surface area contributed by atoms with Crippen LogP contribution in [-0.2, 0) is 21.4 Å². The summed E-state index contributed by atoms with van der Waals surface area (Å²) < 4.78 is 12.6. The fourth-order valence-corrected chi connectivity index (χ4v) is 4.47. The quantitative estimate of drug-likeness (QED) is 0.473. The molecule has 4 rings (SSSR count). The molecule has 2 aromatic heterocycles. The van der Waals surface area contributed by atoms with E-state index in [-0.39, 0.29) is 18.2 Å². The van der Waals surface area contributed by atoms with Crippen LogP contribution in [0.3, 0.4) is 0 Å². The highest BCUT2D eigenvalue weighted by atomic mass is 16.5. The lowest BCUT2D eigenvalue weighted by atomic mass is 9.77. The monoisotopic (exact) mass is 392 g/mol. The number of aryl methyl sites for hydroxylation is 2. The lowest BCUT2D eigenvalue weighted by Crippen LogP contribution is -2.37. The van der Waals surface area contributed by atoms with Gasteiger partial charge in [0.15, 0.2) is 17.2 Å². The van der Waals surface area contributed by atoms with Crippen LogP contribution in [0, 0.1) is 6.92 Å². The minimum Gasteiger partial charge on any atom is -0.490 e. The Balaban J connectivity index is 1.78. The molecule has 3 aromatic rings. The number of rotatable bonds is 6. The Hall–Kier alpha value is -3.15. The van der Waals surface area contributed by atoms with E-state index in [1.165, 1.54) is 7.11 Å². The Morgan fingerprint density at radius 3 is 2.76 bits per heavy atom. The lowest BCUT2D eigenvalue weighted by Gasteiger charge is -2.26. The van der Waals surface area contributed by atoms with Crippen LogP contribution in [0.5, 0.6) is 5.75 Å². The summed E-state index contributed by atoms with van der Waals surface area (Å²) in [6.07, 6.45) is 3.16. The van der Waals surface area contributed by atoms with E-state index in [4.69, 9.17) is 9.47 Å². The normalized spacial score (nSPS) is 17.9. The van der Waals surface area contributed by atoms with Crippen molar-refractivity contribution in [2.24, 2.45) is 0 Å². The van der Waals surface area contributed by atoms with E-state index < -0.39 is 5.41 Å². The second-order valence-electron chi connectivity index (χ2n) is 7.38. The molecule has 1 unspecified atom stereocenters. The minimum absolute atomic E-state index is 0.0458. The van der Waals surface area contributed by atoms with Crippen molar-refractivity contribution in [3.05, 3.63) is 65.1 Å². The second-order valence-corrected chi connectivity index (χ2v) is 7.38. The molecule has 1 aromatic carbocycles. The van der Waals surface area contributed by atoms with Crippen molar-refractivity contribution >= 4 is 17.4 Å². The molecular formula is C23H24N2O4. The molecule has 0 radical (unpaired) electrons. The van der Waals surface area contributed by atoms with Crippen LogP contribution < -0.4 is 4.74 Å². The van der Waals surface area contributed by atoms with Gasteiger partial charge in [-0.05, 0) is 49.9 Å². The molecule has 0 spiro atoms. The molecule has 150 valence electrons. The summed E-state index contributed by atoms with van der Waals surface area (Å²) in [6.45, 7) is 4.23. The molecule has 0 saturated heterocycles. The number of esters is 1. The maximum absolute atomic E-state index is 13.5. The van der Waals surface area contributed by atoms with Crippen molar-refractivity contribution in [2.45, 2.75) is 38.5 Å². The topological polar surface area (TPSA) is 69.9 Å². The van der Waals surface area contributed by atoms with Gasteiger partial charge in [0.05, 0.1) is 19.4 Å². The van der Waals surface area contributed by atoms with Crippen LogP contribution in [0.2, 0.25) is 0 Å². The van der Waals surface area contributed by atoms with E-state index in [1.807, 2.05) is 50.2 Å². The van der Waals surface area contributed by atoms with Crippen LogP contribution >= 0.6 is 0 Å². The number of fused-ring (bicyclic) bond motifs is 2. The van der Waals surface area contributed by atoms with Gasteiger partial charge in [-0.2, -0.15) is 0 Å². The average Bonchev–Trinajstić information content (AvgIpc) is 3.26. The number of benzene rings is 1. The molecule has 0 amide bonds. The molecule has 1 atom stereocenters. The van der Waals surface area contributed by atoms with E-state index in [2.05, 4.69) is 4.98 Å². The average molecular weight is 392 g/mol. The number of pyridine rings is 1. The summed E-state index contributed by atoms with van der Waals surface area (Å²) in [4.78, 5) is 30.9. The maximum atomic E-state index is 13.5. The van der Waals surface area contributed by atoms with Gasteiger partial charge in [0.2, 0.25) is 0 Å². The Morgan fingerprint density at radius 1 is 1.21 bits per heavy atom. The van der Waals surface area contributed by atoms with Crippen molar-refractivity contribution < 1.29 is 19.1 Å². The van der Waals surface area contributed by atoms with Gasteiger partial charge < -0.3 is 9.47 Å². The summed E-state index contributed by atoms with van der Waals surface area (Å²) in [5.74, 6) is 0.133. The standard InChI is InChI=1S/C23H24N2O4/c1-4-29-19-10-7-13-25-20(15(2)24-21(19)25)18(26)14-23(22(27)28-3)12-11-16-8-5-6-9-17(16)23/h5-10,13H,4,11-12,14H2,1-3H3. The number of hydrogen-bond acceptors (Lipinski definition) is 5. The Kier molecular flexibility index (Phi) is 4.86. The summed E-state index contributed by atoms with van der Waals surface area (Å²) in [5.41, 5.74) is 2.73. The van der Waals surface area contributed by atoms with E-state index in [9.17, 15) is 9.59 Å². The van der Waals surface area contributed by atoms with Crippen LogP contribution in [-0.4, -0.2) is 34.9 Å². The predicted molar refractivity (Wildman–Crippen MR) is 109 cm³/mol. The highest BCUT2D eigenvalue weighted by Gasteiger charge is 2.48. The summed E-state index contributed by atoms with van der Waals surface area (Å²) in [5, 5.41) is 0. The van der Waals surface area contributed by atoms with E-state index >= 15 is 0 Å². The van der Waals surface area contributed by atoms with E-state index in [0.717, 1.165) is 17.5 Å². The predicted octanol–water partition coefficient (Wildman–Crippen LogP) is 3.67. The Labute approximate surface area is 169 Å². The number of carbonyl (C=O) groups excluding carboxylic acids is 2. The third kappa shape index (κ3) is 2.99. The molecule has 0 fully saturated rings. The third-order valence-electron chi connectivity index (χ3n) is 5.74. The van der Waals surface area contributed by atoms with E-state index in [0.29, 0.717) is 35.8 Å². The van der Waals surface area contributed by atoms with Crippen LogP contribution in [0.4, 0.5) is 0 Å². The number of hydrogen-bond donors (Lipinski definition) is 0. The number of ketones is 1. The maximum Gasteiger partial charge on any atom is 0.316 e. The van der Waals surface area contributed by atoms with Gasteiger partial charge in [-0.3, -0.25) is 14.0 Å². The highest BCUT2D eigenvalue weighted by molar-refractivity contribution is 6.01. The zero-order valence-electron chi connectivity index (χ0n) is 16.9. The van der Waals surface area contributed by atoms with Crippen LogP contribution in [0.25, 0.3) is 5.65 Å². The summed E-state index contributed by atoms with van der Waals surface area (Å²) in [7, 11) is 1.38. The minimum atomic E-state index is -0.962. The lowest BCUT2D eigenvalue weighted by molar-refractivity contribution is -0.147. The largest absolute Gasteiger partial charge is 0.490 e. The molecule has 0 aliphatic heterocycles. The Bertz CT molecular complexity index is 1100. The number of carbonyl (C=O) groups is 2. The molecule has 1 aliphatic carbocycles. The number of aromatic nitrogens is 2. The van der Waals surface area contributed by atoms with Gasteiger partial charge in [0.25, 0.3) is 0 Å². The molecule has 0 bridgehead atoms. The first-order valence-electron chi connectivity index (χ1n) is 9.82. The molecule has 2 heterocycles. The van der Waals surface area contributed by atoms with Gasteiger partial charge in [0.1, 0.15) is 11.1 Å². The zero-order chi connectivity index (χ0) is 20.6.